The molecular formula is C13H17OSi. The lowest BCUT2D eigenvalue weighted by atomic mass is 10.2. The van der Waals surface area contributed by atoms with Crippen LogP contribution in [-0.2, 0) is 4.79 Å². The fourth-order valence-electron chi connectivity index (χ4n) is 2.04. The van der Waals surface area contributed by atoms with Crippen LogP contribution in [0.4, 0.5) is 0 Å². The molecule has 0 fully saturated rings. The molecule has 2 heteroatoms. The summed E-state index contributed by atoms with van der Waals surface area (Å²) in [5.74, 6) is 0. The SMILES string of the molecule is C=C[Si](CC)(CC)c1ccccc1[C]=O. The van der Waals surface area contributed by atoms with E-state index in [4.69, 9.17) is 0 Å². The van der Waals surface area contributed by atoms with E-state index in [1.165, 1.54) is 5.19 Å². The van der Waals surface area contributed by atoms with Crippen LogP contribution in [0.1, 0.15) is 19.4 Å². The Kier molecular flexibility index (Phi) is 4.03. The molecule has 1 aromatic rings. The Labute approximate surface area is 92.8 Å². The van der Waals surface area contributed by atoms with E-state index >= 15 is 0 Å². The standard InChI is InChI=1S/C13H17OSi/c1-4-15(5-2,6-3)13-10-8-7-9-12(13)11-14/h4,7-10H,1,5-6H2,2-3H3. The molecule has 0 saturated heterocycles. The van der Waals surface area contributed by atoms with Gasteiger partial charge < -0.3 is 0 Å². The van der Waals surface area contributed by atoms with Gasteiger partial charge in [-0.25, -0.2) is 0 Å². The zero-order valence-electron chi connectivity index (χ0n) is 9.42. The number of hydrogen-bond acceptors (Lipinski definition) is 1. The van der Waals surface area contributed by atoms with E-state index < -0.39 is 8.07 Å². The zero-order chi connectivity index (χ0) is 11.3. The first kappa shape index (κ1) is 11.9. The van der Waals surface area contributed by atoms with E-state index in [0.29, 0.717) is 5.56 Å². The Morgan fingerprint density at radius 3 is 2.40 bits per heavy atom. The van der Waals surface area contributed by atoms with Gasteiger partial charge in [-0.05, 0) is 5.19 Å². The van der Waals surface area contributed by atoms with Gasteiger partial charge in [0.1, 0.15) is 8.07 Å². The van der Waals surface area contributed by atoms with Crippen LogP contribution in [0.5, 0.6) is 0 Å². The summed E-state index contributed by atoms with van der Waals surface area (Å²) in [5, 5.41) is 1.18. The molecule has 0 unspecified atom stereocenters. The zero-order valence-corrected chi connectivity index (χ0v) is 10.4. The van der Waals surface area contributed by atoms with E-state index in [2.05, 4.69) is 32.2 Å². The Bertz CT molecular complexity index is 353. The van der Waals surface area contributed by atoms with Crippen molar-refractivity contribution in [3.05, 3.63) is 42.1 Å². The fourth-order valence-corrected chi connectivity index (χ4v) is 5.19. The molecule has 0 aliphatic rings. The lowest BCUT2D eigenvalue weighted by Crippen LogP contribution is -2.46. The van der Waals surface area contributed by atoms with E-state index in [9.17, 15) is 4.79 Å². The van der Waals surface area contributed by atoms with Crippen LogP contribution < -0.4 is 5.19 Å². The van der Waals surface area contributed by atoms with Gasteiger partial charge >= 0.3 is 0 Å². The van der Waals surface area contributed by atoms with Crippen molar-refractivity contribution in [2.75, 3.05) is 0 Å². The van der Waals surface area contributed by atoms with Crippen molar-refractivity contribution in [2.45, 2.75) is 25.9 Å². The maximum absolute atomic E-state index is 10.9. The second kappa shape index (κ2) is 5.08. The molecule has 0 saturated carbocycles. The quantitative estimate of drug-likeness (QED) is 0.693. The third-order valence-electron chi connectivity index (χ3n) is 3.23. The average Bonchev–Trinajstić information content (AvgIpc) is 2.33. The van der Waals surface area contributed by atoms with Crippen molar-refractivity contribution in [2.24, 2.45) is 0 Å². The summed E-state index contributed by atoms with van der Waals surface area (Å²) in [7, 11) is -1.66. The predicted molar refractivity (Wildman–Crippen MR) is 67.8 cm³/mol. The largest absolute Gasteiger partial charge is 0.285 e. The van der Waals surface area contributed by atoms with Crippen molar-refractivity contribution in [3.8, 4) is 0 Å². The molecule has 0 aromatic heterocycles. The monoisotopic (exact) mass is 217 g/mol. The molecule has 0 spiro atoms. The van der Waals surface area contributed by atoms with Gasteiger partial charge in [0, 0.05) is 5.56 Å². The molecule has 0 aliphatic carbocycles. The number of rotatable bonds is 5. The van der Waals surface area contributed by atoms with Gasteiger partial charge in [0.2, 0.25) is 6.29 Å². The van der Waals surface area contributed by atoms with Gasteiger partial charge in [-0.2, -0.15) is 0 Å². The van der Waals surface area contributed by atoms with Gasteiger partial charge in [0.25, 0.3) is 0 Å². The van der Waals surface area contributed by atoms with Crippen molar-refractivity contribution in [3.63, 3.8) is 0 Å². The Morgan fingerprint density at radius 2 is 1.93 bits per heavy atom. The van der Waals surface area contributed by atoms with Crippen LogP contribution in [0, 0.1) is 0 Å². The van der Waals surface area contributed by atoms with Gasteiger partial charge in [0.15, 0.2) is 0 Å². The smallest absolute Gasteiger partial charge is 0.233 e. The van der Waals surface area contributed by atoms with E-state index in [1.807, 2.05) is 24.5 Å². The van der Waals surface area contributed by atoms with Crippen molar-refractivity contribution in [1.82, 2.24) is 0 Å². The molecule has 0 bridgehead atoms. The summed E-state index contributed by atoms with van der Waals surface area (Å²) >= 11 is 0. The van der Waals surface area contributed by atoms with Gasteiger partial charge in [-0.1, -0.05) is 55.9 Å². The molecule has 0 N–H and O–H groups in total. The molecule has 1 rings (SSSR count). The van der Waals surface area contributed by atoms with E-state index in [0.717, 1.165) is 12.1 Å². The Balaban J connectivity index is 3.33. The third-order valence-corrected chi connectivity index (χ3v) is 8.04. The highest BCUT2D eigenvalue weighted by Gasteiger charge is 2.29. The predicted octanol–water partition coefficient (Wildman–Crippen LogP) is 2.57. The number of benzene rings is 1. The average molecular weight is 217 g/mol. The Morgan fingerprint density at radius 1 is 1.33 bits per heavy atom. The van der Waals surface area contributed by atoms with Crippen LogP contribution in [0.15, 0.2) is 36.5 Å². The third kappa shape index (κ3) is 2.10. The minimum atomic E-state index is -1.66. The van der Waals surface area contributed by atoms with Crippen LogP contribution >= 0.6 is 0 Å². The highest BCUT2D eigenvalue weighted by molar-refractivity contribution is 6.96. The molecule has 1 aromatic carbocycles. The summed E-state index contributed by atoms with van der Waals surface area (Å²) in [5.41, 5.74) is 2.80. The highest BCUT2D eigenvalue weighted by atomic mass is 28.3. The van der Waals surface area contributed by atoms with Gasteiger partial charge in [-0.3, -0.25) is 4.79 Å². The fraction of sp³-hybridized carbons (Fsp3) is 0.308. The first-order valence-corrected chi connectivity index (χ1v) is 7.84. The molecule has 0 amide bonds. The second-order valence-corrected chi connectivity index (χ2v) is 8.39. The van der Waals surface area contributed by atoms with Crippen LogP contribution in [0.25, 0.3) is 0 Å². The number of hydrogen-bond donors (Lipinski definition) is 0. The van der Waals surface area contributed by atoms with Crippen molar-refractivity contribution in [1.29, 1.82) is 0 Å². The van der Waals surface area contributed by atoms with Crippen LogP contribution in [-0.4, -0.2) is 14.4 Å². The first-order chi connectivity index (χ1) is 7.24. The van der Waals surface area contributed by atoms with Crippen molar-refractivity contribution < 1.29 is 4.79 Å². The molecular weight excluding hydrogens is 200 g/mol. The normalized spacial score (nSPS) is 11.1. The number of carbonyl (C=O) groups excluding carboxylic acids is 1. The van der Waals surface area contributed by atoms with Crippen molar-refractivity contribution >= 4 is 19.5 Å². The van der Waals surface area contributed by atoms with Gasteiger partial charge in [-0.15, -0.1) is 6.58 Å². The maximum Gasteiger partial charge on any atom is 0.233 e. The van der Waals surface area contributed by atoms with Crippen LogP contribution in [0.3, 0.4) is 0 Å². The molecule has 0 aliphatic heterocycles. The first-order valence-electron chi connectivity index (χ1n) is 5.35. The molecule has 0 heterocycles. The minimum Gasteiger partial charge on any atom is -0.285 e. The van der Waals surface area contributed by atoms with E-state index in [1.54, 1.807) is 0 Å². The Hall–Kier alpha value is -1.15. The molecule has 15 heavy (non-hydrogen) atoms. The summed E-state index contributed by atoms with van der Waals surface area (Å²) in [6.45, 7) is 8.32. The topological polar surface area (TPSA) is 17.1 Å². The second-order valence-electron chi connectivity index (χ2n) is 3.72. The molecule has 79 valence electrons. The maximum atomic E-state index is 10.9. The molecule has 0 atom stereocenters. The summed E-state index contributed by atoms with van der Waals surface area (Å²) in [4.78, 5) is 10.9. The molecule has 1 radical (unpaired) electrons. The van der Waals surface area contributed by atoms with Gasteiger partial charge in [0.05, 0.1) is 0 Å². The minimum absolute atomic E-state index is 0.716. The summed E-state index contributed by atoms with van der Waals surface area (Å²) in [6.07, 6.45) is 2.04. The van der Waals surface area contributed by atoms with Crippen LogP contribution in [0.2, 0.25) is 12.1 Å². The summed E-state index contributed by atoms with van der Waals surface area (Å²) < 4.78 is 0. The highest BCUT2D eigenvalue weighted by Crippen LogP contribution is 2.17. The van der Waals surface area contributed by atoms with E-state index in [-0.39, 0.29) is 0 Å². The molecule has 1 nitrogen and oxygen atoms in total. The lowest BCUT2D eigenvalue weighted by Gasteiger charge is -2.26. The summed E-state index contributed by atoms with van der Waals surface area (Å²) in [6, 6.07) is 9.96. The lowest BCUT2D eigenvalue weighted by molar-refractivity contribution is 0.563.